The number of benzene rings is 1. The highest BCUT2D eigenvalue weighted by Gasteiger charge is 2.19. The summed E-state index contributed by atoms with van der Waals surface area (Å²) < 4.78 is 1.06. The predicted octanol–water partition coefficient (Wildman–Crippen LogP) is 4.31. The Morgan fingerprint density at radius 2 is 1.76 bits per heavy atom. The van der Waals surface area contributed by atoms with Gasteiger partial charge in [-0.2, -0.15) is 0 Å². The highest BCUT2D eigenvalue weighted by molar-refractivity contribution is 9.10. The van der Waals surface area contributed by atoms with Gasteiger partial charge in [-0.25, -0.2) is 0 Å². The average Bonchev–Trinajstić information content (AvgIpc) is 2.32. The third-order valence-corrected chi connectivity index (χ3v) is 3.81. The Balaban J connectivity index is 2.58. The van der Waals surface area contributed by atoms with E-state index in [0.717, 1.165) is 23.0 Å². The highest BCUT2D eigenvalue weighted by Crippen LogP contribution is 2.16. The minimum atomic E-state index is 0.0689. The lowest BCUT2D eigenvalue weighted by Gasteiger charge is -2.29. The van der Waals surface area contributed by atoms with Crippen LogP contribution < -0.4 is 10.6 Å². The maximum absolute atomic E-state index is 5.32. The van der Waals surface area contributed by atoms with Gasteiger partial charge < -0.3 is 10.6 Å². The van der Waals surface area contributed by atoms with Crippen LogP contribution in [0.3, 0.4) is 0 Å². The largest absolute Gasteiger partial charge is 0.357 e. The van der Waals surface area contributed by atoms with Gasteiger partial charge in [0.15, 0.2) is 5.11 Å². The molecular formula is C13H19BrN2S. The van der Waals surface area contributed by atoms with Crippen LogP contribution in [-0.4, -0.2) is 10.7 Å². The van der Waals surface area contributed by atoms with E-state index in [2.05, 4.69) is 47.3 Å². The van der Waals surface area contributed by atoms with E-state index >= 15 is 0 Å². The van der Waals surface area contributed by atoms with Gasteiger partial charge >= 0.3 is 0 Å². The van der Waals surface area contributed by atoms with Gasteiger partial charge in [0.25, 0.3) is 0 Å². The summed E-state index contributed by atoms with van der Waals surface area (Å²) >= 11 is 8.72. The summed E-state index contributed by atoms with van der Waals surface area (Å²) in [6.45, 7) is 6.51. The zero-order chi connectivity index (χ0) is 12.9. The number of rotatable bonds is 4. The first-order chi connectivity index (χ1) is 7.99. The van der Waals surface area contributed by atoms with Crippen molar-refractivity contribution in [2.75, 3.05) is 5.32 Å². The third-order valence-electron chi connectivity index (χ3n) is 3.08. The summed E-state index contributed by atoms with van der Waals surface area (Å²) in [7, 11) is 0. The van der Waals surface area contributed by atoms with E-state index in [1.807, 2.05) is 24.3 Å². The molecule has 1 rings (SSSR count). The molecule has 0 fully saturated rings. The second-order valence-electron chi connectivity index (χ2n) is 4.35. The SMILES string of the molecule is CCC(C)(CC)NC(=S)Nc1ccc(Br)cc1. The molecule has 0 bridgehead atoms. The molecule has 4 heteroatoms. The molecule has 0 atom stereocenters. The molecule has 0 radical (unpaired) electrons. The fourth-order valence-corrected chi connectivity index (χ4v) is 2.03. The molecule has 94 valence electrons. The second-order valence-corrected chi connectivity index (χ2v) is 5.68. The van der Waals surface area contributed by atoms with Gasteiger partial charge in [0.05, 0.1) is 0 Å². The molecular weight excluding hydrogens is 296 g/mol. The lowest BCUT2D eigenvalue weighted by molar-refractivity contribution is 0.391. The molecule has 0 amide bonds. The van der Waals surface area contributed by atoms with Crippen LogP contribution in [0.5, 0.6) is 0 Å². The van der Waals surface area contributed by atoms with Gasteiger partial charge in [-0.3, -0.25) is 0 Å². The number of hydrogen-bond acceptors (Lipinski definition) is 1. The highest BCUT2D eigenvalue weighted by atomic mass is 79.9. The quantitative estimate of drug-likeness (QED) is 0.810. The van der Waals surface area contributed by atoms with Crippen LogP contribution in [0.15, 0.2) is 28.7 Å². The van der Waals surface area contributed by atoms with E-state index in [-0.39, 0.29) is 5.54 Å². The maximum atomic E-state index is 5.32. The van der Waals surface area contributed by atoms with Crippen LogP contribution in [0, 0.1) is 0 Å². The standard InChI is InChI=1S/C13H19BrN2S/c1-4-13(3,5-2)16-12(17)15-11-8-6-10(14)7-9-11/h6-9H,4-5H2,1-3H3,(H2,15,16,17). The third kappa shape index (κ3) is 4.64. The molecule has 0 aliphatic carbocycles. The summed E-state index contributed by atoms with van der Waals surface area (Å²) in [5, 5.41) is 7.24. The van der Waals surface area contributed by atoms with Crippen LogP contribution in [0.4, 0.5) is 5.69 Å². The number of nitrogens with one attached hydrogen (secondary N) is 2. The molecule has 2 nitrogen and oxygen atoms in total. The molecule has 17 heavy (non-hydrogen) atoms. The van der Waals surface area contributed by atoms with Crippen molar-refractivity contribution >= 4 is 38.9 Å². The first kappa shape index (κ1) is 14.5. The zero-order valence-corrected chi connectivity index (χ0v) is 12.9. The van der Waals surface area contributed by atoms with Gasteiger partial charge in [0.1, 0.15) is 0 Å². The van der Waals surface area contributed by atoms with Crippen LogP contribution in [0.2, 0.25) is 0 Å². The van der Waals surface area contributed by atoms with Crippen LogP contribution in [0.1, 0.15) is 33.6 Å². The van der Waals surface area contributed by atoms with E-state index in [0.29, 0.717) is 5.11 Å². The molecule has 0 unspecified atom stereocenters. The van der Waals surface area contributed by atoms with Gasteiger partial charge in [-0.1, -0.05) is 29.8 Å². The van der Waals surface area contributed by atoms with Gasteiger partial charge in [0, 0.05) is 15.7 Å². The Labute approximate surface area is 117 Å². The molecule has 0 aromatic heterocycles. The van der Waals surface area contributed by atoms with E-state index < -0.39 is 0 Å². The minimum absolute atomic E-state index is 0.0689. The molecule has 0 heterocycles. The van der Waals surface area contributed by atoms with E-state index in [4.69, 9.17) is 12.2 Å². The smallest absolute Gasteiger partial charge is 0.171 e. The summed E-state index contributed by atoms with van der Waals surface area (Å²) in [6, 6.07) is 7.97. The minimum Gasteiger partial charge on any atom is -0.357 e. The molecule has 0 saturated heterocycles. The monoisotopic (exact) mass is 314 g/mol. The molecule has 1 aromatic rings. The van der Waals surface area contributed by atoms with Gasteiger partial charge in [0.2, 0.25) is 0 Å². The average molecular weight is 315 g/mol. The van der Waals surface area contributed by atoms with Crippen molar-refractivity contribution in [2.24, 2.45) is 0 Å². The molecule has 0 spiro atoms. The molecule has 2 N–H and O–H groups in total. The Morgan fingerprint density at radius 3 is 2.24 bits per heavy atom. The molecule has 0 saturated carbocycles. The summed E-state index contributed by atoms with van der Waals surface area (Å²) in [5.74, 6) is 0. The Morgan fingerprint density at radius 1 is 1.24 bits per heavy atom. The van der Waals surface area contributed by atoms with Crippen molar-refractivity contribution in [2.45, 2.75) is 39.2 Å². The lowest BCUT2D eigenvalue weighted by atomic mass is 9.96. The number of halogens is 1. The Kier molecular flexibility index (Phi) is 5.40. The summed E-state index contributed by atoms with van der Waals surface area (Å²) in [4.78, 5) is 0. The van der Waals surface area contributed by atoms with Crippen LogP contribution in [-0.2, 0) is 0 Å². The predicted molar refractivity (Wildman–Crippen MR) is 82.5 cm³/mol. The normalized spacial score (nSPS) is 11.1. The van der Waals surface area contributed by atoms with Crippen molar-refractivity contribution in [3.05, 3.63) is 28.7 Å². The second kappa shape index (κ2) is 6.36. The van der Waals surface area contributed by atoms with Crippen LogP contribution in [0.25, 0.3) is 0 Å². The maximum Gasteiger partial charge on any atom is 0.171 e. The summed E-state index contributed by atoms with van der Waals surface area (Å²) in [6.07, 6.45) is 2.09. The number of thiocarbonyl (C=S) groups is 1. The van der Waals surface area contributed by atoms with E-state index in [1.54, 1.807) is 0 Å². The number of hydrogen-bond donors (Lipinski definition) is 2. The molecule has 0 aliphatic heterocycles. The van der Waals surface area contributed by atoms with Crippen molar-refractivity contribution < 1.29 is 0 Å². The number of anilines is 1. The Hall–Kier alpha value is -0.610. The van der Waals surface area contributed by atoms with Crippen LogP contribution >= 0.6 is 28.1 Å². The van der Waals surface area contributed by atoms with Crippen molar-refractivity contribution in [1.29, 1.82) is 0 Å². The van der Waals surface area contributed by atoms with Crippen molar-refractivity contribution in [3.8, 4) is 0 Å². The first-order valence-corrected chi connectivity index (χ1v) is 7.04. The molecule has 1 aromatic carbocycles. The zero-order valence-electron chi connectivity index (χ0n) is 10.5. The Bertz CT molecular complexity index is 372. The summed E-state index contributed by atoms with van der Waals surface area (Å²) in [5.41, 5.74) is 1.07. The van der Waals surface area contributed by atoms with E-state index in [9.17, 15) is 0 Å². The molecule has 0 aliphatic rings. The van der Waals surface area contributed by atoms with Gasteiger partial charge in [-0.05, 0) is 56.2 Å². The fourth-order valence-electron chi connectivity index (χ4n) is 1.40. The van der Waals surface area contributed by atoms with Gasteiger partial charge in [-0.15, -0.1) is 0 Å². The van der Waals surface area contributed by atoms with Crippen molar-refractivity contribution in [1.82, 2.24) is 5.32 Å². The van der Waals surface area contributed by atoms with Crippen molar-refractivity contribution in [3.63, 3.8) is 0 Å². The van der Waals surface area contributed by atoms with E-state index in [1.165, 1.54) is 0 Å². The fraction of sp³-hybridized carbons (Fsp3) is 0.462. The lowest BCUT2D eigenvalue weighted by Crippen LogP contribution is -2.46. The topological polar surface area (TPSA) is 24.1 Å². The first-order valence-electron chi connectivity index (χ1n) is 5.84.